The minimum absolute atomic E-state index is 0.284. The molecule has 1 N–H and O–H groups in total. The summed E-state index contributed by atoms with van der Waals surface area (Å²) in [5.41, 5.74) is 1.66. The third-order valence-corrected chi connectivity index (χ3v) is 3.82. The van der Waals surface area contributed by atoms with Gasteiger partial charge in [0.25, 0.3) is 0 Å². The maximum atomic E-state index is 10.2. The monoisotopic (exact) mass is 296 g/mol. The van der Waals surface area contributed by atoms with E-state index in [4.69, 9.17) is 0 Å². The van der Waals surface area contributed by atoms with Crippen molar-refractivity contribution in [2.24, 2.45) is 4.99 Å². The minimum Gasteiger partial charge on any atom is -0.311 e. The lowest BCUT2D eigenvalue weighted by Gasteiger charge is -2.30. The van der Waals surface area contributed by atoms with Gasteiger partial charge in [-0.3, -0.25) is 4.99 Å². The highest BCUT2D eigenvalue weighted by atomic mass is 79.9. The van der Waals surface area contributed by atoms with E-state index in [-0.39, 0.29) is 11.7 Å². The van der Waals surface area contributed by atoms with Crippen molar-refractivity contribution in [3.05, 3.63) is 34.3 Å². The molecule has 4 heteroatoms. The molecule has 0 radical (unpaired) electrons. The van der Waals surface area contributed by atoms with Crippen LogP contribution in [-0.4, -0.2) is 21.5 Å². The van der Waals surface area contributed by atoms with Gasteiger partial charge in [0, 0.05) is 10.2 Å². The summed E-state index contributed by atoms with van der Waals surface area (Å²) in [5.74, 6) is 0. The van der Waals surface area contributed by atoms with Gasteiger partial charge in [0.15, 0.2) is 6.17 Å². The summed E-state index contributed by atoms with van der Waals surface area (Å²) in [4.78, 5) is 4.62. The van der Waals surface area contributed by atoms with Crippen molar-refractivity contribution in [2.45, 2.75) is 38.9 Å². The molecule has 0 spiro atoms. The standard InChI is InChI=1S/C13H17BrN2O/c1-4-11-13(2,3)16(17)12(15-11)9-5-7-10(14)8-6-9/h5-8,12,17H,4H2,1-3H3/t12-/m0/s1. The predicted octanol–water partition coefficient (Wildman–Crippen LogP) is 3.78. The van der Waals surface area contributed by atoms with Crippen LogP contribution < -0.4 is 0 Å². The van der Waals surface area contributed by atoms with Crippen molar-refractivity contribution in [2.75, 3.05) is 0 Å². The van der Waals surface area contributed by atoms with Crippen LogP contribution in [0.3, 0.4) is 0 Å². The maximum absolute atomic E-state index is 10.2. The molecule has 0 fully saturated rings. The molecular weight excluding hydrogens is 280 g/mol. The summed E-state index contributed by atoms with van der Waals surface area (Å²) in [6.07, 6.45) is 0.574. The van der Waals surface area contributed by atoms with Crippen LogP contribution in [0.1, 0.15) is 38.9 Å². The Morgan fingerprint density at radius 1 is 1.35 bits per heavy atom. The molecule has 0 unspecified atom stereocenters. The molecule has 2 rings (SSSR count). The minimum atomic E-state index is -0.382. The van der Waals surface area contributed by atoms with Crippen LogP contribution in [0.15, 0.2) is 33.7 Å². The average Bonchev–Trinajstić information content (AvgIpc) is 2.52. The molecule has 17 heavy (non-hydrogen) atoms. The normalized spacial score (nSPS) is 23.8. The largest absolute Gasteiger partial charge is 0.311 e. The van der Waals surface area contributed by atoms with Gasteiger partial charge in [0.05, 0.1) is 5.54 Å². The molecule has 1 aliphatic heterocycles. The molecule has 1 aromatic rings. The zero-order valence-electron chi connectivity index (χ0n) is 10.3. The number of nitrogens with zero attached hydrogens (tertiary/aromatic N) is 2. The summed E-state index contributed by atoms with van der Waals surface area (Å²) in [6, 6.07) is 7.90. The second-order valence-corrected chi connectivity index (χ2v) is 5.67. The van der Waals surface area contributed by atoms with E-state index in [1.807, 2.05) is 38.1 Å². The SMILES string of the molecule is CCC1=N[C@H](c2ccc(Br)cc2)N(O)C1(C)C. The average molecular weight is 297 g/mol. The maximum Gasteiger partial charge on any atom is 0.151 e. The summed E-state index contributed by atoms with van der Waals surface area (Å²) in [7, 11) is 0. The van der Waals surface area contributed by atoms with Crippen molar-refractivity contribution in [1.29, 1.82) is 0 Å². The topological polar surface area (TPSA) is 35.8 Å². The predicted molar refractivity (Wildman–Crippen MR) is 72.3 cm³/mol. The molecule has 1 atom stereocenters. The van der Waals surface area contributed by atoms with Crippen molar-refractivity contribution >= 4 is 21.6 Å². The Hall–Kier alpha value is -0.710. The van der Waals surface area contributed by atoms with Crippen molar-refractivity contribution < 1.29 is 5.21 Å². The van der Waals surface area contributed by atoms with Crippen LogP contribution in [0, 0.1) is 0 Å². The van der Waals surface area contributed by atoms with Crippen LogP contribution in [0.4, 0.5) is 0 Å². The van der Waals surface area contributed by atoms with E-state index in [9.17, 15) is 5.21 Å². The van der Waals surface area contributed by atoms with E-state index >= 15 is 0 Å². The zero-order valence-corrected chi connectivity index (χ0v) is 11.9. The highest BCUT2D eigenvalue weighted by Gasteiger charge is 2.41. The first-order chi connectivity index (χ1) is 7.96. The van der Waals surface area contributed by atoms with Crippen LogP contribution in [0.5, 0.6) is 0 Å². The number of hydroxylamine groups is 2. The second kappa shape index (κ2) is 4.52. The molecule has 1 heterocycles. The lowest BCUT2D eigenvalue weighted by atomic mass is 9.97. The molecule has 0 aromatic heterocycles. The van der Waals surface area contributed by atoms with E-state index in [0.29, 0.717) is 0 Å². The number of benzene rings is 1. The Kier molecular flexibility index (Phi) is 3.39. The van der Waals surface area contributed by atoms with Gasteiger partial charge >= 0.3 is 0 Å². The highest BCUT2D eigenvalue weighted by Crippen LogP contribution is 2.36. The van der Waals surface area contributed by atoms with E-state index in [0.717, 1.165) is 22.2 Å². The first-order valence-electron chi connectivity index (χ1n) is 5.77. The van der Waals surface area contributed by atoms with Gasteiger partial charge in [-0.1, -0.05) is 35.0 Å². The first-order valence-corrected chi connectivity index (χ1v) is 6.57. The van der Waals surface area contributed by atoms with Crippen LogP contribution >= 0.6 is 15.9 Å². The fourth-order valence-corrected chi connectivity index (χ4v) is 2.44. The fraction of sp³-hybridized carbons (Fsp3) is 0.462. The summed E-state index contributed by atoms with van der Waals surface area (Å²) >= 11 is 3.41. The molecule has 0 saturated heterocycles. The van der Waals surface area contributed by atoms with Crippen molar-refractivity contribution in [1.82, 2.24) is 5.06 Å². The van der Waals surface area contributed by atoms with Gasteiger partial charge in [0.1, 0.15) is 0 Å². The van der Waals surface area contributed by atoms with E-state index in [2.05, 4.69) is 27.8 Å². The van der Waals surface area contributed by atoms with Crippen LogP contribution in [0.2, 0.25) is 0 Å². The number of hydrogen-bond donors (Lipinski definition) is 1. The summed E-state index contributed by atoms with van der Waals surface area (Å²) < 4.78 is 1.03. The number of halogens is 1. The Morgan fingerprint density at radius 3 is 2.41 bits per heavy atom. The lowest BCUT2D eigenvalue weighted by molar-refractivity contribution is -0.159. The molecule has 3 nitrogen and oxygen atoms in total. The van der Waals surface area contributed by atoms with Crippen LogP contribution in [-0.2, 0) is 0 Å². The second-order valence-electron chi connectivity index (χ2n) is 4.76. The Bertz CT molecular complexity index is 439. The Morgan fingerprint density at radius 2 is 1.94 bits per heavy atom. The molecule has 0 amide bonds. The molecule has 0 aliphatic carbocycles. The van der Waals surface area contributed by atoms with Gasteiger partial charge < -0.3 is 5.21 Å². The molecule has 1 aromatic carbocycles. The third kappa shape index (κ3) is 2.17. The van der Waals surface area contributed by atoms with Gasteiger partial charge in [-0.2, -0.15) is 5.06 Å². The van der Waals surface area contributed by atoms with Gasteiger partial charge in [-0.15, -0.1) is 0 Å². The third-order valence-electron chi connectivity index (χ3n) is 3.29. The van der Waals surface area contributed by atoms with Gasteiger partial charge in [-0.25, -0.2) is 0 Å². The molecule has 0 bridgehead atoms. The van der Waals surface area contributed by atoms with E-state index < -0.39 is 0 Å². The molecule has 0 saturated carbocycles. The number of hydrogen-bond acceptors (Lipinski definition) is 3. The van der Waals surface area contributed by atoms with E-state index in [1.165, 1.54) is 5.06 Å². The van der Waals surface area contributed by atoms with E-state index in [1.54, 1.807) is 0 Å². The molecule has 1 aliphatic rings. The number of aliphatic imine (C=N–C) groups is 1. The quantitative estimate of drug-likeness (QED) is 0.901. The first kappa shape index (κ1) is 12.7. The van der Waals surface area contributed by atoms with Crippen molar-refractivity contribution in [3.63, 3.8) is 0 Å². The van der Waals surface area contributed by atoms with Gasteiger partial charge in [0.2, 0.25) is 0 Å². The van der Waals surface area contributed by atoms with Crippen molar-refractivity contribution in [3.8, 4) is 0 Å². The molecular formula is C13H17BrN2O. The smallest absolute Gasteiger partial charge is 0.151 e. The summed E-state index contributed by atoms with van der Waals surface area (Å²) in [6.45, 7) is 6.06. The lowest BCUT2D eigenvalue weighted by Crippen LogP contribution is -2.43. The Labute approximate surface area is 110 Å². The summed E-state index contributed by atoms with van der Waals surface area (Å²) in [5, 5.41) is 11.6. The van der Waals surface area contributed by atoms with Gasteiger partial charge in [-0.05, 0) is 38.0 Å². The highest BCUT2D eigenvalue weighted by molar-refractivity contribution is 9.10. The number of rotatable bonds is 2. The molecule has 92 valence electrons. The zero-order chi connectivity index (χ0) is 12.6. The Balaban J connectivity index is 2.35. The van der Waals surface area contributed by atoms with Crippen LogP contribution in [0.25, 0.3) is 0 Å². The fourth-order valence-electron chi connectivity index (χ4n) is 2.17.